The molecular formula is C32H28IN3O6. The van der Waals surface area contributed by atoms with Crippen LogP contribution in [0.5, 0.6) is 17.2 Å². The molecule has 0 bridgehead atoms. The van der Waals surface area contributed by atoms with Crippen LogP contribution in [-0.2, 0) is 16.2 Å². The first-order chi connectivity index (χ1) is 20.4. The second kappa shape index (κ2) is 12.9. The lowest BCUT2D eigenvalue weighted by atomic mass is 10.1. The molecule has 0 saturated carbocycles. The van der Waals surface area contributed by atoms with Gasteiger partial charge in [0.25, 0.3) is 5.91 Å². The Morgan fingerprint density at radius 1 is 0.952 bits per heavy atom. The summed E-state index contributed by atoms with van der Waals surface area (Å²) in [7, 11) is 1.49. The van der Waals surface area contributed by atoms with Crippen LogP contribution in [0.2, 0.25) is 0 Å². The second-order valence-corrected chi connectivity index (χ2v) is 10.5. The van der Waals surface area contributed by atoms with Crippen molar-refractivity contribution in [1.82, 2.24) is 10.2 Å². The molecule has 4 amide bonds. The standard InChI is InChI=1S/C32H28IN3O6/c1-3-41-28-17-21(15-24(33)30(28)42-19-20-12-13-22-8-4-5-9-23(22)14-20)16-26-31(38)36(32(39)35-26)18-29(37)34-25-10-6-7-11-27(25)40-2/h4-17H,3,18-19H2,1-2H3,(H,34,37)(H,35,39)/b26-16+. The highest BCUT2D eigenvalue weighted by Gasteiger charge is 2.35. The number of para-hydroxylation sites is 2. The molecule has 5 rings (SSSR count). The Kier molecular flexibility index (Phi) is 8.91. The summed E-state index contributed by atoms with van der Waals surface area (Å²) in [5.41, 5.74) is 2.14. The highest BCUT2D eigenvalue weighted by molar-refractivity contribution is 14.1. The zero-order valence-electron chi connectivity index (χ0n) is 23.0. The van der Waals surface area contributed by atoms with Crippen LogP contribution in [0, 0.1) is 3.57 Å². The molecule has 1 fully saturated rings. The van der Waals surface area contributed by atoms with Gasteiger partial charge in [0, 0.05) is 0 Å². The Hall–Kier alpha value is -4.58. The molecule has 1 aliphatic rings. The molecule has 1 heterocycles. The van der Waals surface area contributed by atoms with Crippen LogP contribution >= 0.6 is 22.6 Å². The maximum Gasteiger partial charge on any atom is 0.329 e. The van der Waals surface area contributed by atoms with Gasteiger partial charge in [-0.2, -0.15) is 0 Å². The third kappa shape index (κ3) is 6.49. The van der Waals surface area contributed by atoms with E-state index in [2.05, 4.69) is 57.5 Å². The lowest BCUT2D eigenvalue weighted by Crippen LogP contribution is -2.38. The van der Waals surface area contributed by atoms with Crippen molar-refractivity contribution >= 4 is 63.0 Å². The summed E-state index contributed by atoms with van der Waals surface area (Å²) in [6, 6.07) is 24.1. The van der Waals surface area contributed by atoms with E-state index in [4.69, 9.17) is 14.2 Å². The molecule has 0 spiro atoms. The monoisotopic (exact) mass is 677 g/mol. The summed E-state index contributed by atoms with van der Waals surface area (Å²) in [5.74, 6) is 0.421. The van der Waals surface area contributed by atoms with Crippen molar-refractivity contribution < 1.29 is 28.6 Å². The number of nitrogens with zero attached hydrogens (tertiary/aromatic N) is 1. The summed E-state index contributed by atoms with van der Waals surface area (Å²) < 4.78 is 18.1. The topological polar surface area (TPSA) is 106 Å². The number of benzene rings is 4. The van der Waals surface area contributed by atoms with Gasteiger partial charge in [0.2, 0.25) is 5.91 Å². The third-order valence-electron chi connectivity index (χ3n) is 6.48. The maximum atomic E-state index is 13.1. The summed E-state index contributed by atoms with van der Waals surface area (Å²) in [6.07, 6.45) is 1.55. The Bertz CT molecular complexity index is 1700. The van der Waals surface area contributed by atoms with Gasteiger partial charge in [-0.25, -0.2) is 9.69 Å². The van der Waals surface area contributed by atoms with E-state index in [1.807, 2.05) is 31.2 Å². The van der Waals surface area contributed by atoms with Crippen molar-refractivity contribution in [3.63, 3.8) is 0 Å². The minimum atomic E-state index is -0.684. The van der Waals surface area contributed by atoms with Crippen LogP contribution in [0.1, 0.15) is 18.1 Å². The lowest BCUT2D eigenvalue weighted by Gasteiger charge is -2.15. The molecule has 2 N–H and O–H groups in total. The number of hydrogen-bond acceptors (Lipinski definition) is 6. The van der Waals surface area contributed by atoms with E-state index >= 15 is 0 Å². The molecule has 0 aromatic heterocycles. The highest BCUT2D eigenvalue weighted by Crippen LogP contribution is 2.36. The van der Waals surface area contributed by atoms with Crippen molar-refractivity contribution in [2.24, 2.45) is 0 Å². The van der Waals surface area contributed by atoms with Gasteiger partial charge in [0.15, 0.2) is 11.5 Å². The number of halogens is 1. The highest BCUT2D eigenvalue weighted by atomic mass is 127. The van der Waals surface area contributed by atoms with Crippen molar-refractivity contribution in [2.45, 2.75) is 13.5 Å². The van der Waals surface area contributed by atoms with Crippen LogP contribution in [0.15, 0.2) is 84.6 Å². The Morgan fingerprint density at radius 2 is 1.71 bits per heavy atom. The van der Waals surface area contributed by atoms with E-state index in [9.17, 15) is 14.4 Å². The molecule has 4 aromatic carbocycles. The van der Waals surface area contributed by atoms with Crippen LogP contribution in [0.25, 0.3) is 16.8 Å². The van der Waals surface area contributed by atoms with E-state index in [-0.39, 0.29) is 5.70 Å². The summed E-state index contributed by atoms with van der Waals surface area (Å²) in [5, 5.41) is 7.53. The molecule has 1 aliphatic heterocycles. The number of rotatable bonds is 10. The van der Waals surface area contributed by atoms with Crippen LogP contribution in [0.4, 0.5) is 10.5 Å². The Balaban J connectivity index is 1.30. The quantitative estimate of drug-likeness (QED) is 0.122. The van der Waals surface area contributed by atoms with Gasteiger partial charge in [-0.15, -0.1) is 0 Å². The fourth-order valence-electron chi connectivity index (χ4n) is 4.52. The predicted octanol–water partition coefficient (Wildman–Crippen LogP) is 5.96. The van der Waals surface area contributed by atoms with E-state index < -0.39 is 24.4 Å². The third-order valence-corrected chi connectivity index (χ3v) is 7.29. The van der Waals surface area contributed by atoms with Gasteiger partial charge >= 0.3 is 6.03 Å². The van der Waals surface area contributed by atoms with Crippen molar-refractivity contribution in [2.75, 3.05) is 25.6 Å². The average Bonchev–Trinajstić information content (AvgIpc) is 3.24. The van der Waals surface area contributed by atoms with E-state index in [1.165, 1.54) is 7.11 Å². The summed E-state index contributed by atoms with van der Waals surface area (Å²) in [4.78, 5) is 39.1. The van der Waals surface area contributed by atoms with Gasteiger partial charge in [0.1, 0.15) is 24.6 Å². The number of methoxy groups -OCH3 is 1. The molecule has 4 aromatic rings. The number of fused-ring (bicyclic) bond motifs is 1. The Labute approximate surface area is 256 Å². The molecule has 0 aliphatic carbocycles. The second-order valence-electron chi connectivity index (χ2n) is 9.36. The molecule has 42 heavy (non-hydrogen) atoms. The summed E-state index contributed by atoms with van der Waals surface area (Å²) >= 11 is 2.16. The largest absolute Gasteiger partial charge is 0.495 e. The molecular weight excluding hydrogens is 649 g/mol. The number of amides is 4. The molecule has 0 atom stereocenters. The van der Waals surface area contributed by atoms with Crippen molar-refractivity contribution in [3.05, 3.63) is 99.3 Å². The minimum absolute atomic E-state index is 0.0492. The predicted molar refractivity (Wildman–Crippen MR) is 168 cm³/mol. The first kappa shape index (κ1) is 28.9. The molecule has 1 saturated heterocycles. The first-order valence-corrected chi connectivity index (χ1v) is 14.3. The molecule has 9 nitrogen and oxygen atoms in total. The Morgan fingerprint density at radius 3 is 2.50 bits per heavy atom. The van der Waals surface area contributed by atoms with E-state index in [0.717, 1.165) is 24.8 Å². The number of ether oxygens (including phenoxy) is 3. The van der Waals surface area contributed by atoms with Crippen LogP contribution in [-0.4, -0.2) is 43.0 Å². The maximum absolute atomic E-state index is 13.1. The van der Waals surface area contributed by atoms with Crippen LogP contribution in [0.3, 0.4) is 0 Å². The molecule has 214 valence electrons. The average molecular weight is 677 g/mol. The number of anilines is 1. The zero-order valence-corrected chi connectivity index (χ0v) is 25.1. The lowest BCUT2D eigenvalue weighted by molar-refractivity contribution is -0.127. The van der Waals surface area contributed by atoms with Crippen LogP contribution < -0.4 is 24.8 Å². The molecule has 10 heteroatoms. The van der Waals surface area contributed by atoms with Crippen molar-refractivity contribution in [1.29, 1.82) is 0 Å². The fraction of sp³-hybridized carbons (Fsp3) is 0.156. The SMILES string of the molecule is CCOc1cc(/C=C2/NC(=O)N(CC(=O)Nc3ccccc3OC)C2=O)cc(I)c1OCc1ccc2ccccc2c1. The number of urea groups is 1. The number of imide groups is 1. The number of hydrogen-bond donors (Lipinski definition) is 2. The van der Waals surface area contributed by atoms with Crippen molar-refractivity contribution in [3.8, 4) is 17.2 Å². The normalized spacial score (nSPS) is 13.8. The first-order valence-electron chi connectivity index (χ1n) is 13.2. The van der Waals surface area contributed by atoms with Gasteiger partial charge in [-0.05, 0) is 87.8 Å². The zero-order chi connectivity index (χ0) is 29.6. The number of carbonyl (C=O) groups excluding carboxylic acids is 3. The van der Waals surface area contributed by atoms with E-state index in [0.29, 0.717) is 41.7 Å². The van der Waals surface area contributed by atoms with E-state index in [1.54, 1.807) is 36.4 Å². The van der Waals surface area contributed by atoms with Gasteiger partial charge in [-0.3, -0.25) is 9.59 Å². The fourth-order valence-corrected chi connectivity index (χ4v) is 5.30. The van der Waals surface area contributed by atoms with Gasteiger partial charge in [-0.1, -0.05) is 48.5 Å². The number of nitrogens with one attached hydrogen (secondary N) is 2. The van der Waals surface area contributed by atoms with Gasteiger partial charge < -0.3 is 24.8 Å². The minimum Gasteiger partial charge on any atom is -0.495 e. The molecule has 0 unspecified atom stereocenters. The molecule has 0 radical (unpaired) electrons. The summed E-state index contributed by atoms with van der Waals surface area (Å²) in [6.45, 7) is 2.18. The number of carbonyl (C=O) groups is 3. The smallest absolute Gasteiger partial charge is 0.329 e. The van der Waals surface area contributed by atoms with Gasteiger partial charge in [0.05, 0.1) is 23.0 Å².